The van der Waals surface area contributed by atoms with Gasteiger partial charge in [0.15, 0.2) is 11.7 Å². The van der Waals surface area contributed by atoms with Crippen molar-refractivity contribution in [2.75, 3.05) is 31.5 Å². The molecule has 1 fully saturated rings. The molecule has 0 bridgehead atoms. The molecule has 0 aliphatic carbocycles. The van der Waals surface area contributed by atoms with E-state index in [1.165, 1.54) is 6.26 Å². The summed E-state index contributed by atoms with van der Waals surface area (Å²) in [5.41, 5.74) is 1.73. The van der Waals surface area contributed by atoms with Gasteiger partial charge in [-0.2, -0.15) is 0 Å². The maximum atomic E-state index is 12.0. The predicted octanol–water partition coefficient (Wildman–Crippen LogP) is 2.60. The number of nitrogens with zero attached hydrogens (tertiary/aromatic N) is 2. The number of furan rings is 1. The third-order valence-corrected chi connectivity index (χ3v) is 4.79. The second-order valence-electron chi connectivity index (χ2n) is 7.09. The van der Waals surface area contributed by atoms with Crippen LogP contribution in [0.15, 0.2) is 52.1 Å². The highest BCUT2D eigenvalue weighted by Crippen LogP contribution is 2.12. The third-order valence-electron chi connectivity index (χ3n) is 4.79. The standard InChI is InChI=1S/C22H29N5O3/c1-2-23-22(24-12-5-14-27-13-3-7-20(27)28)25-16-17-8-10-18(11-9-17)26-21(29)19-6-4-15-30-19/h4,6,8-11,15H,2-3,5,7,12-14,16H2,1H3,(H,26,29)(H2,23,24,25). The molecule has 2 aromatic rings. The molecular weight excluding hydrogens is 382 g/mol. The second kappa shape index (κ2) is 11.0. The number of carbonyl (C=O) groups excluding carboxylic acids is 2. The van der Waals surface area contributed by atoms with Crippen molar-refractivity contribution in [2.24, 2.45) is 4.99 Å². The van der Waals surface area contributed by atoms with Crippen LogP contribution < -0.4 is 16.0 Å². The van der Waals surface area contributed by atoms with Crippen LogP contribution in [0.3, 0.4) is 0 Å². The van der Waals surface area contributed by atoms with Gasteiger partial charge < -0.3 is 25.3 Å². The number of anilines is 1. The fourth-order valence-corrected chi connectivity index (χ4v) is 3.22. The number of hydrogen-bond acceptors (Lipinski definition) is 4. The molecule has 0 saturated carbocycles. The van der Waals surface area contributed by atoms with Crippen molar-refractivity contribution in [3.63, 3.8) is 0 Å². The summed E-state index contributed by atoms with van der Waals surface area (Å²) in [4.78, 5) is 30.2. The fourth-order valence-electron chi connectivity index (χ4n) is 3.22. The zero-order chi connectivity index (χ0) is 21.2. The minimum Gasteiger partial charge on any atom is -0.459 e. The van der Waals surface area contributed by atoms with E-state index in [0.717, 1.165) is 50.5 Å². The Hall–Kier alpha value is -3.29. The van der Waals surface area contributed by atoms with Gasteiger partial charge in [0.05, 0.1) is 12.8 Å². The summed E-state index contributed by atoms with van der Waals surface area (Å²) in [5.74, 6) is 1.01. The molecule has 2 amide bonds. The van der Waals surface area contributed by atoms with E-state index in [2.05, 4.69) is 20.9 Å². The van der Waals surface area contributed by atoms with Crippen molar-refractivity contribution >= 4 is 23.5 Å². The Morgan fingerprint density at radius 3 is 2.70 bits per heavy atom. The molecule has 1 aromatic heterocycles. The maximum Gasteiger partial charge on any atom is 0.291 e. The summed E-state index contributed by atoms with van der Waals surface area (Å²) >= 11 is 0. The molecule has 1 aliphatic rings. The van der Waals surface area contributed by atoms with Crippen LogP contribution in [0, 0.1) is 0 Å². The quantitative estimate of drug-likeness (QED) is 0.335. The van der Waals surface area contributed by atoms with Crippen LogP contribution in [-0.4, -0.2) is 48.9 Å². The number of aliphatic imine (C=N–C) groups is 1. The summed E-state index contributed by atoms with van der Waals surface area (Å²) in [6.45, 7) is 5.74. The first-order chi connectivity index (χ1) is 14.7. The van der Waals surface area contributed by atoms with Gasteiger partial charge in [0.2, 0.25) is 5.91 Å². The summed E-state index contributed by atoms with van der Waals surface area (Å²) < 4.78 is 5.09. The van der Waals surface area contributed by atoms with Crippen LogP contribution in [-0.2, 0) is 11.3 Å². The van der Waals surface area contributed by atoms with Gasteiger partial charge in [0.25, 0.3) is 5.91 Å². The Labute approximate surface area is 176 Å². The van der Waals surface area contributed by atoms with Crippen LogP contribution in [0.25, 0.3) is 0 Å². The lowest BCUT2D eigenvalue weighted by Crippen LogP contribution is -2.39. The lowest BCUT2D eigenvalue weighted by molar-refractivity contribution is -0.127. The Morgan fingerprint density at radius 1 is 1.20 bits per heavy atom. The van der Waals surface area contributed by atoms with Crippen LogP contribution in [0.1, 0.15) is 42.3 Å². The number of guanidine groups is 1. The maximum absolute atomic E-state index is 12.0. The highest BCUT2D eigenvalue weighted by Gasteiger charge is 2.18. The summed E-state index contributed by atoms with van der Waals surface area (Å²) in [6.07, 6.45) is 4.02. The zero-order valence-electron chi connectivity index (χ0n) is 17.3. The van der Waals surface area contributed by atoms with Gasteiger partial charge in [-0.05, 0) is 49.6 Å². The molecule has 3 N–H and O–H groups in total. The average Bonchev–Trinajstić information content (AvgIpc) is 3.42. The van der Waals surface area contributed by atoms with E-state index in [-0.39, 0.29) is 17.6 Å². The molecule has 8 heteroatoms. The van der Waals surface area contributed by atoms with Gasteiger partial charge in [0.1, 0.15) is 0 Å². The molecule has 3 rings (SSSR count). The molecule has 0 atom stereocenters. The second-order valence-corrected chi connectivity index (χ2v) is 7.09. The van der Waals surface area contributed by atoms with Crippen LogP contribution >= 0.6 is 0 Å². The monoisotopic (exact) mass is 411 g/mol. The third kappa shape index (κ3) is 6.37. The lowest BCUT2D eigenvalue weighted by Gasteiger charge is -2.16. The minimum atomic E-state index is -0.278. The number of likely N-dealkylation sites (tertiary alicyclic amines) is 1. The number of benzene rings is 1. The lowest BCUT2D eigenvalue weighted by atomic mass is 10.2. The molecule has 0 unspecified atom stereocenters. The first kappa shape index (κ1) is 21.4. The Kier molecular flexibility index (Phi) is 7.88. The smallest absolute Gasteiger partial charge is 0.291 e. The van der Waals surface area contributed by atoms with Gasteiger partial charge >= 0.3 is 0 Å². The first-order valence-electron chi connectivity index (χ1n) is 10.4. The van der Waals surface area contributed by atoms with E-state index < -0.39 is 0 Å². The Balaban J connectivity index is 1.45. The summed E-state index contributed by atoms with van der Waals surface area (Å²) in [7, 11) is 0. The van der Waals surface area contributed by atoms with Gasteiger partial charge in [-0.25, -0.2) is 4.99 Å². The predicted molar refractivity (Wildman–Crippen MR) is 116 cm³/mol. The van der Waals surface area contributed by atoms with Crippen LogP contribution in [0.4, 0.5) is 5.69 Å². The molecule has 2 heterocycles. The number of hydrogen-bond donors (Lipinski definition) is 3. The molecule has 1 aromatic carbocycles. The summed E-state index contributed by atoms with van der Waals surface area (Å²) in [5, 5.41) is 9.35. The van der Waals surface area contributed by atoms with Crippen molar-refractivity contribution in [1.82, 2.24) is 15.5 Å². The molecule has 1 aliphatic heterocycles. The Morgan fingerprint density at radius 2 is 2.03 bits per heavy atom. The van der Waals surface area contributed by atoms with E-state index in [4.69, 9.17) is 4.42 Å². The highest BCUT2D eigenvalue weighted by molar-refractivity contribution is 6.02. The normalized spacial score (nSPS) is 14.1. The molecule has 0 spiro atoms. The molecule has 1 saturated heterocycles. The van der Waals surface area contributed by atoms with E-state index >= 15 is 0 Å². The average molecular weight is 412 g/mol. The zero-order valence-corrected chi connectivity index (χ0v) is 17.3. The molecule has 0 radical (unpaired) electrons. The SMILES string of the molecule is CCNC(=NCc1ccc(NC(=O)c2ccco2)cc1)NCCCN1CCCC1=O. The molecule has 160 valence electrons. The van der Waals surface area contributed by atoms with Crippen molar-refractivity contribution in [3.05, 3.63) is 54.0 Å². The van der Waals surface area contributed by atoms with Gasteiger partial charge in [-0.15, -0.1) is 0 Å². The van der Waals surface area contributed by atoms with E-state index in [9.17, 15) is 9.59 Å². The Bertz CT molecular complexity index is 846. The molecule has 8 nitrogen and oxygen atoms in total. The topological polar surface area (TPSA) is 99.0 Å². The number of carbonyl (C=O) groups is 2. The number of amides is 2. The van der Waals surface area contributed by atoms with Crippen molar-refractivity contribution < 1.29 is 14.0 Å². The van der Waals surface area contributed by atoms with E-state index in [1.807, 2.05) is 36.1 Å². The minimum absolute atomic E-state index is 0.263. The number of nitrogens with one attached hydrogen (secondary N) is 3. The van der Waals surface area contributed by atoms with Crippen LogP contribution in [0.5, 0.6) is 0 Å². The summed E-state index contributed by atoms with van der Waals surface area (Å²) in [6, 6.07) is 10.9. The largest absolute Gasteiger partial charge is 0.459 e. The van der Waals surface area contributed by atoms with Gasteiger partial charge in [-0.1, -0.05) is 12.1 Å². The van der Waals surface area contributed by atoms with Crippen molar-refractivity contribution in [2.45, 2.75) is 32.7 Å². The molecule has 30 heavy (non-hydrogen) atoms. The van der Waals surface area contributed by atoms with Crippen molar-refractivity contribution in [1.29, 1.82) is 0 Å². The fraction of sp³-hybridized carbons (Fsp3) is 0.409. The highest BCUT2D eigenvalue weighted by atomic mass is 16.3. The molecular formula is C22H29N5O3. The van der Waals surface area contributed by atoms with Crippen molar-refractivity contribution in [3.8, 4) is 0 Å². The first-order valence-corrected chi connectivity index (χ1v) is 10.4. The van der Waals surface area contributed by atoms with Crippen LogP contribution in [0.2, 0.25) is 0 Å². The van der Waals surface area contributed by atoms with E-state index in [1.54, 1.807) is 12.1 Å². The van der Waals surface area contributed by atoms with E-state index in [0.29, 0.717) is 18.7 Å². The number of rotatable bonds is 9. The van der Waals surface area contributed by atoms with Gasteiger partial charge in [-0.3, -0.25) is 9.59 Å². The van der Waals surface area contributed by atoms with Gasteiger partial charge in [0, 0.05) is 38.3 Å².